The zero-order valence-corrected chi connectivity index (χ0v) is 18.4. The summed E-state index contributed by atoms with van der Waals surface area (Å²) in [5.74, 6) is -0.0895. The first-order valence-corrected chi connectivity index (χ1v) is 11.5. The molecule has 0 unspecified atom stereocenters. The van der Waals surface area contributed by atoms with Gasteiger partial charge in [-0.05, 0) is 50.2 Å². The van der Waals surface area contributed by atoms with Crippen LogP contribution in [0.3, 0.4) is 0 Å². The average molecular weight is 397 g/mol. The number of hydrogen-bond acceptors (Lipinski definition) is 2. The maximum absolute atomic E-state index is 11.7. The van der Waals surface area contributed by atoms with E-state index in [1.54, 1.807) is 0 Å². The van der Waals surface area contributed by atoms with Crippen LogP contribution in [0.4, 0.5) is 0 Å². The Kier molecular flexibility index (Phi) is 16.5. The van der Waals surface area contributed by atoms with Gasteiger partial charge in [-0.25, -0.2) is 0 Å². The molecule has 2 nitrogen and oxygen atoms in total. The highest BCUT2D eigenvalue weighted by Gasteiger charge is 2.01. The van der Waals surface area contributed by atoms with Gasteiger partial charge in [-0.1, -0.05) is 99.7 Å². The summed E-state index contributed by atoms with van der Waals surface area (Å²) in [6.45, 7) is 2.60. The van der Waals surface area contributed by atoms with E-state index in [1.165, 1.54) is 51.4 Å². The lowest BCUT2D eigenvalue weighted by molar-refractivity contribution is -0.142. The first kappa shape index (κ1) is 24.9. The van der Waals surface area contributed by atoms with Crippen LogP contribution in [0.2, 0.25) is 0 Å². The molecule has 1 aromatic rings. The molecule has 2 heteroatoms. The molecule has 0 saturated heterocycles. The van der Waals surface area contributed by atoms with E-state index in [0.717, 1.165) is 24.8 Å². The van der Waals surface area contributed by atoms with Crippen LogP contribution in [0.1, 0.15) is 89.5 Å². The quantitative estimate of drug-likeness (QED) is 0.151. The van der Waals surface area contributed by atoms with Crippen molar-refractivity contribution in [1.82, 2.24) is 0 Å². The summed E-state index contributed by atoms with van der Waals surface area (Å²) in [6, 6.07) is 10.0. The number of benzene rings is 1. The lowest BCUT2D eigenvalue weighted by atomic mass is 10.1. The molecule has 0 fully saturated rings. The fourth-order valence-electron chi connectivity index (χ4n) is 3.04. The Labute approximate surface area is 178 Å². The highest BCUT2D eigenvalue weighted by Crippen LogP contribution is 2.09. The molecule has 0 aliphatic carbocycles. The molecule has 0 aromatic heterocycles. The van der Waals surface area contributed by atoms with E-state index in [0.29, 0.717) is 13.0 Å². The van der Waals surface area contributed by atoms with Crippen molar-refractivity contribution in [3.8, 4) is 0 Å². The Hall–Kier alpha value is -2.09. The van der Waals surface area contributed by atoms with Gasteiger partial charge < -0.3 is 4.74 Å². The van der Waals surface area contributed by atoms with Gasteiger partial charge in [0, 0.05) is 6.42 Å². The fourth-order valence-corrected chi connectivity index (χ4v) is 3.04. The Balaban J connectivity index is 1.87. The lowest BCUT2D eigenvalue weighted by Gasteiger charge is -2.02. The normalized spacial score (nSPS) is 11.8. The smallest absolute Gasteiger partial charge is 0.306 e. The van der Waals surface area contributed by atoms with Crippen LogP contribution in [0.5, 0.6) is 0 Å². The fraction of sp³-hybridized carbons (Fsp3) is 0.519. The molecule has 0 aliphatic heterocycles. The van der Waals surface area contributed by atoms with Crippen molar-refractivity contribution in [1.29, 1.82) is 0 Å². The van der Waals surface area contributed by atoms with Crippen LogP contribution >= 0.6 is 0 Å². The number of esters is 1. The minimum Gasteiger partial charge on any atom is -0.461 e. The summed E-state index contributed by atoms with van der Waals surface area (Å²) >= 11 is 0. The molecule has 0 atom stereocenters. The minimum atomic E-state index is -0.0895. The largest absolute Gasteiger partial charge is 0.461 e. The van der Waals surface area contributed by atoms with Crippen LogP contribution in [0.15, 0.2) is 60.7 Å². The monoisotopic (exact) mass is 396 g/mol. The number of carbonyl (C=O) groups is 1. The van der Waals surface area contributed by atoms with E-state index >= 15 is 0 Å². The molecule has 1 aromatic carbocycles. The second kappa shape index (κ2) is 19.2. The van der Waals surface area contributed by atoms with Gasteiger partial charge in [-0.3, -0.25) is 4.79 Å². The van der Waals surface area contributed by atoms with Crippen LogP contribution in [0, 0.1) is 0 Å². The number of rotatable bonds is 17. The summed E-state index contributed by atoms with van der Waals surface area (Å²) in [5, 5.41) is 0. The molecule has 0 spiro atoms. The van der Waals surface area contributed by atoms with Crippen LogP contribution in [-0.2, 0) is 9.53 Å². The van der Waals surface area contributed by atoms with Crippen molar-refractivity contribution in [2.75, 3.05) is 6.61 Å². The van der Waals surface area contributed by atoms with Crippen molar-refractivity contribution >= 4 is 12.0 Å². The van der Waals surface area contributed by atoms with E-state index < -0.39 is 0 Å². The predicted octanol–water partition coefficient (Wildman–Crippen LogP) is 8.06. The molecule has 0 heterocycles. The molecule has 0 N–H and O–H groups in total. The Morgan fingerprint density at radius 2 is 1.45 bits per heavy atom. The first-order chi connectivity index (χ1) is 14.3. The van der Waals surface area contributed by atoms with Crippen molar-refractivity contribution in [3.63, 3.8) is 0 Å². The predicted molar refractivity (Wildman–Crippen MR) is 126 cm³/mol. The summed E-state index contributed by atoms with van der Waals surface area (Å²) in [4.78, 5) is 11.7. The summed E-state index contributed by atoms with van der Waals surface area (Å²) in [5.41, 5.74) is 1.12. The van der Waals surface area contributed by atoms with Gasteiger partial charge in [0.25, 0.3) is 0 Å². The first-order valence-electron chi connectivity index (χ1n) is 11.5. The van der Waals surface area contributed by atoms with Crippen molar-refractivity contribution in [3.05, 3.63) is 66.3 Å². The Morgan fingerprint density at radius 1 is 0.793 bits per heavy atom. The molecular formula is C27H40O2. The van der Waals surface area contributed by atoms with Crippen LogP contribution in [0.25, 0.3) is 6.08 Å². The molecular weight excluding hydrogens is 356 g/mol. The number of ether oxygens (including phenoxy) is 1. The zero-order valence-electron chi connectivity index (χ0n) is 18.4. The van der Waals surface area contributed by atoms with Crippen molar-refractivity contribution in [2.24, 2.45) is 0 Å². The minimum absolute atomic E-state index is 0.0895. The highest BCUT2D eigenvalue weighted by molar-refractivity contribution is 5.69. The highest BCUT2D eigenvalue weighted by atomic mass is 16.5. The maximum atomic E-state index is 11.7. The second-order valence-electron chi connectivity index (χ2n) is 7.48. The molecule has 1 rings (SSSR count). The third-order valence-corrected chi connectivity index (χ3v) is 4.78. The third kappa shape index (κ3) is 16.6. The lowest BCUT2D eigenvalue weighted by Crippen LogP contribution is -2.03. The van der Waals surface area contributed by atoms with E-state index in [-0.39, 0.29) is 5.97 Å². The van der Waals surface area contributed by atoms with Gasteiger partial charge in [0.1, 0.15) is 6.61 Å². The molecule has 0 bridgehead atoms. The Morgan fingerprint density at radius 3 is 2.17 bits per heavy atom. The van der Waals surface area contributed by atoms with Crippen molar-refractivity contribution < 1.29 is 9.53 Å². The van der Waals surface area contributed by atoms with Gasteiger partial charge in [0.2, 0.25) is 0 Å². The average Bonchev–Trinajstić information content (AvgIpc) is 2.75. The van der Waals surface area contributed by atoms with E-state index in [4.69, 9.17) is 4.74 Å². The second-order valence-corrected chi connectivity index (χ2v) is 7.48. The molecule has 0 amide bonds. The Bertz CT molecular complexity index is 584. The molecule has 0 saturated carbocycles. The van der Waals surface area contributed by atoms with Crippen LogP contribution in [-0.4, -0.2) is 12.6 Å². The van der Waals surface area contributed by atoms with Gasteiger partial charge >= 0.3 is 5.97 Å². The number of unbranched alkanes of at least 4 members (excludes halogenated alkanes) is 8. The summed E-state index contributed by atoms with van der Waals surface area (Å²) < 4.78 is 5.24. The third-order valence-electron chi connectivity index (χ3n) is 4.78. The van der Waals surface area contributed by atoms with Gasteiger partial charge in [0.05, 0.1) is 0 Å². The standard InChI is InChI=1S/C27H40O2/c1-2-3-4-5-6-7-8-9-10-11-12-13-14-15-19-24-27(28)29-25-20-23-26-21-17-16-18-22-26/h6-7,9-10,16-18,20-23H,2-5,8,11-15,19,24-25H2,1H3/b7-6-,10-9-,23-20?. The molecule has 29 heavy (non-hydrogen) atoms. The van der Waals surface area contributed by atoms with Gasteiger partial charge in [-0.2, -0.15) is 0 Å². The van der Waals surface area contributed by atoms with Crippen molar-refractivity contribution in [2.45, 2.75) is 84.0 Å². The summed E-state index contributed by atoms with van der Waals surface area (Å²) in [6.07, 6.45) is 26.7. The SMILES string of the molecule is CCCCC/C=C\C/C=C\CCCCCCCC(=O)OCC=Cc1ccccc1. The van der Waals surface area contributed by atoms with E-state index in [9.17, 15) is 4.79 Å². The number of carbonyl (C=O) groups excluding carboxylic acids is 1. The zero-order chi connectivity index (χ0) is 20.8. The molecule has 0 aliphatic rings. The maximum Gasteiger partial charge on any atom is 0.306 e. The van der Waals surface area contributed by atoms with Gasteiger partial charge in [-0.15, -0.1) is 0 Å². The number of hydrogen-bond donors (Lipinski definition) is 0. The summed E-state index contributed by atoms with van der Waals surface area (Å²) in [7, 11) is 0. The van der Waals surface area contributed by atoms with E-state index in [2.05, 4.69) is 31.2 Å². The molecule has 0 radical (unpaired) electrons. The number of allylic oxidation sites excluding steroid dienone is 4. The van der Waals surface area contributed by atoms with Crippen LogP contribution < -0.4 is 0 Å². The molecule has 160 valence electrons. The van der Waals surface area contributed by atoms with Gasteiger partial charge in [0.15, 0.2) is 0 Å². The van der Waals surface area contributed by atoms with E-state index in [1.807, 2.05) is 42.5 Å². The topological polar surface area (TPSA) is 26.3 Å².